The smallest absolute Gasteiger partial charge is 0.255 e. The lowest BCUT2D eigenvalue weighted by Gasteiger charge is -2.38. The molecule has 0 radical (unpaired) electrons. The van der Waals surface area contributed by atoms with E-state index in [2.05, 4.69) is 4.98 Å². The predicted molar refractivity (Wildman–Crippen MR) is 92.9 cm³/mol. The summed E-state index contributed by atoms with van der Waals surface area (Å²) in [7, 11) is 0. The van der Waals surface area contributed by atoms with Crippen LogP contribution in [0.4, 0.5) is 0 Å². The zero-order valence-electron chi connectivity index (χ0n) is 14.1. The molecule has 0 spiro atoms. The summed E-state index contributed by atoms with van der Waals surface area (Å²) in [5.74, 6) is -0.740. The van der Waals surface area contributed by atoms with E-state index in [1.807, 2.05) is 36.4 Å². The summed E-state index contributed by atoms with van der Waals surface area (Å²) >= 11 is 0. The molecule has 1 aromatic carbocycles. The molecular formula is C19H21N3O3. The van der Waals surface area contributed by atoms with Crippen LogP contribution >= 0.6 is 0 Å². The monoisotopic (exact) mass is 339 g/mol. The number of morpholine rings is 1. The van der Waals surface area contributed by atoms with Crippen LogP contribution in [0.3, 0.4) is 0 Å². The number of carbonyl (C=O) groups is 2. The van der Waals surface area contributed by atoms with Crippen molar-refractivity contribution in [2.24, 2.45) is 5.73 Å². The molecule has 0 saturated carbocycles. The average Bonchev–Trinajstić information content (AvgIpc) is 2.62. The van der Waals surface area contributed by atoms with E-state index in [1.54, 1.807) is 24.1 Å². The second kappa shape index (κ2) is 7.03. The first-order chi connectivity index (χ1) is 12.0. The SMILES string of the molecule is CC1(C(N)=O)CN(C(=O)c2ccc(Cc3ccccc3)nc2)CCO1. The maximum Gasteiger partial charge on any atom is 0.255 e. The number of hydrogen-bond acceptors (Lipinski definition) is 4. The lowest BCUT2D eigenvalue weighted by molar-refractivity contribution is -0.150. The van der Waals surface area contributed by atoms with Gasteiger partial charge in [0.25, 0.3) is 11.8 Å². The molecule has 2 heterocycles. The Labute approximate surface area is 146 Å². The molecule has 0 bridgehead atoms. The predicted octanol–water partition coefficient (Wildman–Crippen LogP) is 1.39. The minimum atomic E-state index is -1.14. The maximum atomic E-state index is 12.7. The van der Waals surface area contributed by atoms with Crippen molar-refractivity contribution in [2.45, 2.75) is 18.9 Å². The van der Waals surface area contributed by atoms with Gasteiger partial charge < -0.3 is 15.4 Å². The first-order valence-electron chi connectivity index (χ1n) is 8.20. The van der Waals surface area contributed by atoms with Crippen LogP contribution in [0.15, 0.2) is 48.7 Å². The van der Waals surface area contributed by atoms with Gasteiger partial charge in [0.2, 0.25) is 0 Å². The third kappa shape index (κ3) is 3.85. The van der Waals surface area contributed by atoms with Crippen LogP contribution < -0.4 is 5.73 Å². The molecule has 2 aromatic rings. The molecule has 2 amide bonds. The van der Waals surface area contributed by atoms with E-state index < -0.39 is 11.5 Å². The van der Waals surface area contributed by atoms with Crippen molar-refractivity contribution in [1.82, 2.24) is 9.88 Å². The molecular weight excluding hydrogens is 318 g/mol. The van der Waals surface area contributed by atoms with Gasteiger partial charge in [-0.1, -0.05) is 30.3 Å². The molecule has 6 nitrogen and oxygen atoms in total. The van der Waals surface area contributed by atoms with Crippen LogP contribution in [0.2, 0.25) is 0 Å². The second-order valence-corrected chi connectivity index (χ2v) is 6.37. The van der Waals surface area contributed by atoms with Crippen LogP contribution in [0.5, 0.6) is 0 Å². The van der Waals surface area contributed by atoms with Crippen LogP contribution in [0, 0.1) is 0 Å². The molecule has 1 aliphatic heterocycles. The van der Waals surface area contributed by atoms with E-state index in [9.17, 15) is 9.59 Å². The van der Waals surface area contributed by atoms with Gasteiger partial charge in [0.15, 0.2) is 5.60 Å². The number of ether oxygens (including phenoxy) is 1. The van der Waals surface area contributed by atoms with Crippen LogP contribution in [-0.4, -0.2) is 47.0 Å². The zero-order chi connectivity index (χ0) is 17.9. The van der Waals surface area contributed by atoms with Gasteiger partial charge in [-0.05, 0) is 24.6 Å². The Morgan fingerprint density at radius 1 is 1.24 bits per heavy atom. The third-order valence-corrected chi connectivity index (χ3v) is 4.38. The number of benzene rings is 1. The fourth-order valence-corrected chi connectivity index (χ4v) is 2.84. The molecule has 1 fully saturated rings. The van der Waals surface area contributed by atoms with Gasteiger partial charge in [0.1, 0.15) is 0 Å². The molecule has 1 aromatic heterocycles. The first-order valence-corrected chi connectivity index (χ1v) is 8.20. The molecule has 3 rings (SSSR count). The van der Waals surface area contributed by atoms with Crippen molar-refractivity contribution in [2.75, 3.05) is 19.7 Å². The Kier molecular flexibility index (Phi) is 4.81. The fraction of sp³-hybridized carbons (Fsp3) is 0.316. The van der Waals surface area contributed by atoms with Gasteiger partial charge in [0, 0.05) is 24.9 Å². The van der Waals surface area contributed by atoms with E-state index in [1.165, 1.54) is 5.56 Å². The number of hydrogen-bond donors (Lipinski definition) is 1. The van der Waals surface area contributed by atoms with Gasteiger partial charge in [-0.25, -0.2) is 0 Å². The summed E-state index contributed by atoms with van der Waals surface area (Å²) in [4.78, 5) is 30.2. The molecule has 0 aliphatic carbocycles. The minimum absolute atomic E-state index is 0.146. The molecule has 1 aliphatic rings. The summed E-state index contributed by atoms with van der Waals surface area (Å²) in [5, 5.41) is 0. The summed E-state index contributed by atoms with van der Waals surface area (Å²) in [6, 6.07) is 13.7. The second-order valence-electron chi connectivity index (χ2n) is 6.37. The summed E-state index contributed by atoms with van der Waals surface area (Å²) in [5.41, 5.74) is 6.79. The number of nitrogens with two attached hydrogens (primary N) is 1. The number of rotatable bonds is 4. The Morgan fingerprint density at radius 2 is 2.00 bits per heavy atom. The van der Waals surface area contributed by atoms with Gasteiger partial charge in [-0.15, -0.1) is 0 Å². The largest absolute Gasteiger partial charge is 0.367 e. The lowest BCUT2D eigenvalue weighted by atomic mass is 10.0. The quantitative estimate of drug-likeness (QED) is 0.912. The van der Waals surface area contributed by atoms with Crippen molar-refractivity contribution >= 4 is 11.8 Å². The number of aromatic nitrogens is 1. The van der Waals surface area contributed by atoms with Crippen molar-refractivity contribution in [3.05, 3.63) is 65.5 Å². The van der Waals surface area contributed by atoms with E-state index in [-0.39, 0.29) is 19.1 Å². The highest BCUT2D eigenvalue weighted by molar-refractivity contribution is 5.95. The van der Waals surface area contributed by atoms with Crippen molar-refractivity contribution in [3.8, 4) is 0 Å². The summed E-state index contributed by atoms with van der Waals surface area (Å²) in [6.45, 7) is 2.46. The highest BCUT2D eigenvalue weighted by Crippen LogP contribution is 2.19. The van der Waals surface area contributed by atoms with Gasteiger partial charge in [-0.2, -0.15) is 0 Å². The highest BCUT2D eigenvalue weighted by atomic mass is 16.5. The molecule has 25 heavy (non-hydrogen) atoms. The van der Waals surface area contributed by atoms with E-state index in [0.717, 1.165) is 5.69 Å². The van der Waals surface area contributed by atoms with Crippen molar-refractivity contribution < 1.29 is 14.3 Å². The summed E-state index contributed by atoms with van der Waals surface area (Å²) < 4.78 is 5.44. The minimum Gasteiger partial charge on any atom is -0.367 e. The van der Waals surface area contributed by atoms with Crippen molar-refractivity contribution in [3.63, 3.8) is 0 Å². The average molecular weight is 339 g/mol. The van der Waals surface area contributed by atoms with Crippen LogP contribution in [0.25, 0.3) is 0 Å². The Bertz CT molecular complexity index is 761. The number of nitrogens with zero attached hydrogens (tertiary/aromatic N) is 2. The van der Waals surface area contributed by atoms with Crippen LogP contribution in [0.1, 0.15) is 28.5 Å². The molecule has 1 saturated heterocycles. The molecule has 130 valence electrons. The fourth-order valence-electron chi connectivity index (χ4n) is 2.84. The first kappa shape index (κ1) is 17.1. The topological polar surface area (TPSA) is 85.5 Å². The van der Waals surface area contributed by atoms with Gasteiger partial charge >= 0.3 is 0 Å². The number of primary amides is 1. The standard InChI is InChI=1S/C19H21N3O3/c1-19(18(20)24)13-22(9-10-25-19)17(23)15-7-8-16(21-12-15)11-14-5-3-2-4-6-14/h2-8,12H,9-11,13H2,1H3,(H2,20,24). The normalized spacial score (nSPS) is 20.3. The molecule has 1 atom stereocenters. The van der Waals surface area contributed by atoms with Gasteiger partial charge in [0.05, 0.1) is 18.7 Å². The maximum absolute atomic E-state index is 12.7. The van der Waals surface area contributed by atoms with E-state index in [4.69, 9.17) is 10.5 Å². The third-order valence-electron chi connectivity index (χ3n) is 4.38. The Balaban J connectivity index is 1.69. The molecule has 2 N–H and O–H groups in total. The zero-order valence-corrected chi connectivity index (χ0v) is 14.1. The highest BCUT2D eigenvalue weighted by Gasteiger charge is 2.39. The summed E-state index contributed by atoms with van der Waals surface area (Å²) in [6.07, 6.45) is 2.30. The lowest BCUT2D eigenvalue weighted by Crippen LogP contribution is -2.58. The van der Waals surface area contributed by atoms with E-state index >= 15 is 0 Å². The number of amides is 2. The van der Waals surface area contributed by atoms with Gasteiger partial charge in [-0.3, -0.25) is 14.6 Å². The van der Waals surface area contributed by atoms with E-state index in [0.29, 0.717) is 18.5 Å². The molecule has 6 heteroatoms. The van der Waals surface area contributed by atoms with Crippen molar-refractivity contribution in [1.29, 1.82) is 0 Å². The Morgan fingerprint density at radius 3 is 2.64 bits per heavy atom. The molecule has 1 unspecified atom stereocenters. The Hall–Kier alpha value is -2.73. The van der Waals surface area contributed by atoms with Crippen LogP contribution in [-0.2, 0) is 16.0 Å². The number of pyridine rings is 1. The number of carbonyl (C=O) groups excluding carboxylic acids is 2.